The molecule has 1 aromatic rings. The molecule has 0 aromatic heterocycles. The van der Waals surface area contributed by atoms with Crippen LogP contribution in [0, 0.1) is 0 Å². The van der Waals surface area contributed by atoms with Gasteiger partial charge >= 0.3 is 0 Å². The van der Waals surface area contributed by atoms with E-state index in [-0.39, 0.29) is 0 Å². The van der Waals surface area contributed by atoms with Crippen molar-refractivity contribution in [1.29, 1.82) is 0 Å². The molecular weight excluding hydrogens is 192 g/mol. The van der Waals surface area contributed by atoms with Crippen LogP contribution in [0.4, 0.5) is 0 Å². The molecule has 82 valence electrons. The number of hydrogen-bond acceptors (Lipinski definition) is 3. The number of aliphatic hydroxyl groups is 1. The van der Waals surface area contributed by atoms with Crippen molar-refractivity contribution in [2.45, 2.75) is 32.7 Å². The zero-order chi connectivity index (χ0) is 11.1. The molecule has 2 rings (SSSR count). The summed E-state index contributed by atoms with van der Waals surface area (Å²) in [5.74, 6) is 0.728. The summed E-state index contributed by atoms with van der Waals surface area (Å²) in [7, 11) is 1.62. The van der Waals surface area contributed by atoms with Crippen LogP contribution in [0.2, 0.25) is 0 Å². The van der Waals surface area contributed by atoms with Crippen LogP contribution in [-0.4, -0.2) is 12.2 Å². The third-order valence-electron chi connectivity index (χ3n) is 2.70. The highest BCUT2D eigenvalue weighted by atomic mass is 16.5. The molecule has 0 unspecified atom stereocenters. The average Bonchev–Trinajstić information content (AvgIpc) is 2.60. The SMILES string of the molecule is COc1cc2c(cc1C(C)(C)O)COC2. The lowest BCUT2D eigenvalue weighted by Gasteiger charge is -2.21. The third-order valence-corrected chi connectivity index (χ3v) is 2.70. The molecule has 1 aliphatic heterocycles. The van der Waals surface area contributed by atoms with Gasteiger partial charge in [0.25, 0.3) is 0 Å². The van der Waals surface area contributed by atoms with E-state index in [1.807, 2.05) is 12.1 Å². The molecule has 0 bridgehead atoms. The molecule has 3 nitrogen and oxygen atoms in total. The van der Waals surface area contributed by atoms with Gasteiger partial charge in [-0.3, -0.25) is 0 Å². The van der Waals surface area contributed by atoms with Crippen LogP contribution >= 0.6 is 0 Å². The summed E-state index contributed by atoms with van der Waals surface area (Å²) in [4.78, 5) is 0. The highest BCUT2D eigenvalue weighted by Crippen LogP contribution is 2.34. The number of methoxy groups -OCH3 is 1. The van der Waals surface area contributed by atoms with Gasteiger partial charge in [0.15, 0.2) is 0 Å². The fourth-order valence-electron chi connectivity index (χ4n) is 1.85. The number of benzene rings is 1. The summed E-state index contributed by atoms with van der Waals surface area (Å²) < 4.78 is 10.6. The molecule has 0 fully saturated rings. The Morgan fingerprint density at radius 1 is 1.27 bits per heavy atom. The van der Waals surface area contributed by atoms with Gasteiger partial charge < -0.3 is 14.6 Å². The summed E-state index contributed by atoms with van der Waals surface area (Å²) in [5, 5.41) is 10.0. The molecule has 0 spiro atoms. The van der Waals surface area contributed by atoms with Gasteiger partial charge in [-0.15, -0.1) is 0 Å². The average molecular weight is 208 g/mol. The van der Waals surface area contributed by atoms with Crippen LogP contribution < -0.4 is 4.74 Å². The Morgan fingerprint density at radius 3 is 2.40 bits per heavy atom. The van der Waals surface area contributed by atoms with Gasteiger partial charge in [0, 0.05) is 5.56 Å². The lowest BCUT2D eigenvalue weighted by molar-refractivity contribution is 0.0755. The smallest absolute Gasteiger partial charge is 0.125 e. The van der Waals surface area contributed by atoms with Crippen molar-refractivity contribution >= 4 is 0 Å². The Balaban J connectivity index is 2.54. The molecule has 15 heavy (non-hydrogen) atoms. The first kappa shape index (κ1) is 10.5. The van der Waals surface area contributed by atoms with Gasteiger partial charge in [-0.2, -0.15) is 0 Å². The van der Waals surface area contributed by atoms with E-state index in [0.29, 0.717) is 13.2 Å². The van der Waals surface area contributed by atoms with Crippen LogP contribution in [0.5, 0.6) is 5.75 Å². The van der Waals surface area contributed by atoms with Crippen molar-refractivity contribution in [3.05, 3.63) is 28.8 Å². The number of ether oxygens (including phenoxy) is 2. The van der Waals surface area contributed by atoms with E-state index in [2.05, 4.69) is 0 Å². The summed E-state index contributed by atoms with van der Waals surface area (Å²) in [6.45, 7) is 4.78. The Morgan fingerprint density at radius 2 is 1.87 bits per heavy atom. The van der Waals surface area contributed by atoms with Crippen molar-refractivity contribution in [2.24, 2.45) is 0 Å². The summed E-state index contributed by atoms with van der Waals surface area (Å²) in [6, 6.07) is 3.93. The summed E-state index contributed by atoms with van der Waals surface area (Å²) >= 11 is 0. The maximum absolute atomic E-state index is 10.0. The van der Waals surface area contributed by atoms with E-state index in [1.165, 1.54) is 0 Å². The first-order chi connectivity index (χ1) is 7.02. The van der Waals surface area contributed by atoms with Gasteiger partial charge in [0.05, 0.1) is 25.9 Å². The zero-order valence-corrected chi connectivity index (χ0v) is 9.33. The monoisotopic (exact) mass is 208 g/mol. The second kappa shape index (κ2) is 3.51. The van der Waals surface area contributed by atoms with Crippen LogP contribution in [0.1, 0.15) is 30.5 Å². The van der Waals surface area contributed by atoms with Crippen molar-refractivity contribution in [2.75, 3.05) is 7.11 Å². The standard InChI is InChI=1S/C12H16O3/c1-12(2,13)10-4-8-6-15-7-9(8)5-11(10)14-3/h4-5,13H,6-7H2,1-3H3. The minimum Gasteiger partial charge on any atom is -0.496 e. The quantitative estimate of drug-likeness (QED) is 0.807. The highest BCUT2D eigenvalue weighted by Gasteiger charge is 2.24. The van der Waals surface area contributed by atoms with Gasteiger partial charge in [0.2, 0.25) is 0 Å². The molecule has 0 saturated heterocycles. The van der Waals surface area contributed by atoms with E-state index in [4.69, 9.17) is 9.47 Å². The van der Waals surface area contributed by atoms with E-state index in [0.717, 1.165) is 22.4 Å². The van der Waals surface area contributed by atoms with Crippen molar-refractivity contribution in [1.82, 2.24) is 0 Å². The first-order valence-corrected chi connectivity index (χ1v) is 5.03. The van der Waals surface area contributed by atoms with Gasteiger partial charge in [-0.25, -0.2) is 0 Å². The van der Waals surface area contributed by atoms with Crippen LogP contribution in [0.15, 0.2) is 12.1 Å². The van der Waals surface area contributed by atoms with E-state index in [9.17, 15) is 5.11 Å². The van der Waals surface area contributed by atoms with E-state index < -0.39 is 5.60 Å². The van der Waals surface area contributed by atoms with Crippen molar-refractivity contribution < 1.29 is 14.6 Å². The molecule has 1 heterocycles. The van der Waals surface area contributed by atoms with E-state index >= 15 is 0 Å². The van der Waals surface area contributed by atoms with Crippen LogP contribution in [0.25, 0.3) is 0 Å². The normalized spacial score (nSPS) is 15.2. The summed E-state index contributed by atoms with van der Waals surface area (Å²) in [5.41, 5.74) is 2.23. The molecule has 0 saturated carbocycles. The number of rotatable bonds is 2. The predicted octanol–water partition coefficient (Wildman–Crippen LogP) is 1.95. The Hall–Kier alpha value is -1.06. The van der Waals surface area contributed by atoms with Crippen LogP contribution in [-0.2, 0) is 23.6 Å². The highest BCUT2D eigenvalue weighted by molar-refractivity contribution is 5.45. The fraction of sp³-hybridized carbons (Fsp3) is 0.500. The largest absolute Gasteiger partial charge is 0.496 e. The Labute approximate surface area is 89.6 Å². The molecular formula is C12H16O3. The maximum atomic E-state index is 10.0. The van der Waals surface area contributed by atoms with E-state index in [1.54, 1.807) is 21.0 Å². The maximum Gasteiger partial charge on any atom is 0.125 e. The number of fused-ring (bicyclic) bond motifs is 1. The molecule has 1 N–H and O–H groups in total. The second-order valence-corrected chi connectivity index (χ2v) is 4.37. The van der Waals surface area contributed by atoms with Crippen molar-refractivity contribution in [3.63, 3.8) is 0 Å². The molecule has 1 aromatic carbocycles. The van der Waals surface area contributed by atoms with Crippen LogP contribution in [0.3, 0.4) is 0 Å². The summed E-state index contributed by atoms with van der Waals surface area (Å²) in [6.07, 6.45) is 0. The minimum atomic E-state index is -0.886. The Kier molecular flexibility index (Phi) is 2.44. The molecule has 0 aliphatic carbocycles. The minimum absolute atomic E-state index is 0.627. The molecule has 0 radical (unpaired) electrons. The van der Waals surface area contributed by atoms with Crippen molar-refractivity contribution in [3.8, 4) is 5.75 Å². The molecule has 0 atom stereocenters. The zero-order valence-electron chi connectivity index (χ0n) is 9.33. The first-order valence-electron chi connectivity index (χ1n) is 5.03. The van der Waals surface area contributed by atoms with Gasteiger partial charge in [-0.1, -0.05) is 0 Å². The lowest BCUT2D eigenvalue weighted by atomic mass is 9.93. The van der Waals surface area contributed by atoms with Gasteiger partial charge in [-0.05, 0) is 37.1 Å². The topological polar surface area (TPSA) is 38.7 Å². The fourth-order valence-corrected chi connectivity index (χ4v) is 1.85. The van der Waals surface area contributed by atoms with Gasteiger partial charge in [0.1, 0.15) is 5.75 Å². The molecule has 1 aliphatic rings. The number of hydrogen-bond donors (Lipinski definition) is 1. The molecule has 0 amide bonds. The Bertz CT molecular complexity index is 377. The second-order valence-electron chi connectivity index (χ2n) is 4.37. The lowest BCUT2D eigenvalue weighted by Crippen LogP contribution is -2.17. The third kappa shape index (κ3) is 1.85. The predicted molar refractivity (Wildman–Crippen MR) is 56.7 cm³/mol. The molecule has 3 heteroatoms.